The fourth-order valence-corrected chi connectivity index (χ4v) is 4.99. The van der Waals surface area contributed by atoms with E-state index in [2.05, 4.69) is 53.4 Å². The molecule has 0 saturated carbocycles. The van der Waals surface area contributed by atoms with Crippen molar-refractivity contribution in [1.82, 2.24) is 0 Å². The average Bonchev–Trinajstić information content (AvgIpc) is 3.12. The number of benzene rings is 3. The Kier molecular flexibility index (Phi) is 4.13. The zero-order valence-electron chi connectivity index (χ0n) is 14.9. The first kappa shape index (κ1) is 17.0. The third kappa shape index (κ3) is 2.86. The molecule has 28 heavy (non-hydrogen) atoms. The Hall–Kier alpha value is -3.12. The van der Waals surface area contributed by atoms with Gasteiger partial charge in [0.2, 0.25) is 0 Å². The van der Waals surface area contributed by atoms with E-state index in [1.54, 1.807) is 23.9 Å². The van der Waals surface area contributed by atoms with E-state index < -0.39 is 0 Å². The first-order chi connectivity index (χ1) is 13.7. The van der Waals surface area contributed by atoms with Crippen molar-refractivity contribution in [1.29, 1.82) is 0 Å². The zero-order valence-corrected chi connectivity index (χ0v) is 15.8. The second-order valence-electron chi connectivity index (χ2n) is 6.88. The predicted molar refractivity (Wildman–Crippen MR) is 112 cm³/mol. The average molecular weight is 387 g/mol. The largest absolute Gasteiger partial charge is 0.312 e. The lowest BCUT2D eigenvalue weighted by Crippen LogP contribution is -2.35. The van der Waals surface area contributed by atoms with Crippen LogP contribution in [0.1, 0.15) is 29.6 Å². The van der Waals surface area contributed by atoms with Crippen molar-refractivity contribution in [3.8, 4) is 0 Å². The summed E-state index contributed by atoms with van der Waals surface area (Å²) in [7, 11) is 0. The van der Waals surface area contributed by atoms with Crippen LogP contribution in [0.25, 0.3) is 0 Å². The SMILES string of the molecule is O=[N+]([O-])c1ccc(C2CC(c3ccccc3)N3C(=N2)Sc2ccccc23)cc1. The summed E-state index contributed by atoms with van der Waals surface area (Å²) in [5, 5.41) is 12.0. The number of nitro benzene ring substituents is 1. The number of hydrogen-bond acceptors (Lipinski definition) is 5. The maximum atomic E-state index is 11.0. The van der Waals surface area contributed by atoms with Gasteiger partial charge in [-0.15, -0.1) is 0 Å². The molecule has 5 nitrogen and oxygen atoms in total. The van der Waals surface area contributed by atoms with Crippen molar-refractivity contribution in [2.75, 3.05) is 4.90 Å². The lowest BCUT2D eigenvalue weighted by Gasteiger charge is -2.36. The topological polar surface area (TPSA) is 58.7 Å². The summed E-state index contributed by atoms with van der Waals surface area (Å²) in [6.07, 6.45) is 0.820. The van der Waals surface area contributed by atoms with Gasteiger partial charge in [-0.1, -0.05) is 54.6 Å². The minimum absolute atomic E-state index is 0.0286. The van der Waals surface area contributed by atoms with Crippen molar-refractivity contribution in [3.05, 3.63) is 100 Å². The normalized spacial score (nSPS) is 20.3. The Morgan fingerprint density at radius 2 is 1.64 bits per heavy atom. The Labute approximate surface area is 166 Å². The van der Waals surface area contributed by atoms with Gasteiger partial charge in [-0.05, 0) is 41.4 Å². The standard InChI is InChI=1S/C22H17N3O2S/c26-25(27)17-12-10-15(11-13-17)18-14-20(16-6-2-1-3-7-16)24-19-8-4-5-9-21(19)28-22(24)23-18/h1-13,18,20H,14H2. The number of nitrogens with zero attached hydrogens (tertiary/aromatic N) is 3. The highest BCUT2D eigenvalue weighted by atomic mass is 32.2. The van der Waals surface area contributed by atoms with Crippen molar-refractivity contribution in [2.45, 2.75) is 23.4 Å². The number of anilines is 1. The summed E-state index contributed by atoms with van der Waals surface area (Å²) in [6, 6.07) is 25.8. The summed E-state index contributed by atoms with van der Waals surface area (Å²) in [5.74, 6) is 0. The molecular formula is C22H17N3O2S. The molecular weight excluding hydrogens is 370 g/mol. The number of para-hydroxylation sites is 1. The number of hydrogen-bond donors (Lipinski definition) is 0. The van der Waals surface area contributed by atoms with Gasteiger partial charge in [-0.3, -0.25) is 15.1 Å². The molecule has 0 saturated heterocycles. The Morgan fingerprint density at radius 1 is 0.929 bits per heavy atom. The van der Waals surface area contributed by atoms with Crippen LogP contribution in [-0.2, 0) is 0 Å². The van der Waals surface area contributed by atoms with E-state index in [1.165, 1.54) is 16.1 Å². The number of aliphatic imine (C=N–C) groups is 1. The van der Waals surface area contributed by atoms with E-state index in [0.29, 0.717) is 0 Å². The monoisotopic (exact) mass is 387 g/mol. The maximum absolute atomic E-state index is 11.0. The zero-order chi connectivity index (χ0) is 19.1. The van der Waals surface area contributed by atoms with Gasteiger partial charge >= 0.3 is 0 Å². The third-order valence-electron chi connectivity index (χ3n) is 5.23. The lowest BCUT2D eigenvalue weighted by atomic mass is 9.92. The van der Waals surface area contributed by atoms with Crippen LogP contribution >= 0.6 is 11.8 Å². The fourth-order valence-electron chi connectivity index (χ4n) is 3.87. The summed E-state index contributed by atoms with van der Waals surface area (Å²) in [4.78, 5) is 19.2. The van der Waals surface area contributed by atoms with Gasteiger partial charge in [0.25, 0.3) is 5.69 Å². The van der Waals surface area contributed by atoms with E-state index in [1.807, 2.05) is 18.2 Å². The molecule has 0 bridgehead atoms. The number of rotatable bonds is 3. The van der Waals surface area contributed by atoms with Gasteiger partial charge < -0.3 is 4.90 Å². The van der Waals surface area contributed by atoms with Gasteiger partial charge in [0.05, 0.1) is 22.7 Å². The Morgan fingerprint density at radius 3 is 2.39 bits per heavy atom. The molecule has 0 fully saturated rings. The Balaban J connectivity index is 1.58. The lowest BCUT2D eigenvalue weighted by molar-refractivity contribution is -0.384. The Bertz CT molecular complexity index is 1070. The number of non-ortho nitro benzene ring substituents is 1. The van der Waals surface area contributed by atoms with Gasteiger partial charge in [0.1, 0.15) is 0 Å². The van der Waals surface area contributed by atoms with Crippen LogP contribution in [0.15, 0.2) is 88.8 Å². The molecule has 3 aromatic rings. The fraction of sp³-hybridized carbons (Fsp3) is 0.136. The molecule has 2 aliphatic heterocycles. The maximum Gasteiger partial charge on any atom is 0.269 e. The first-order valence-electron chi connectivity index (χ1n) is 9.14. The van der Waals surface area contributed by atoms with E-state index in [4.69, 9.17) is 4.99 Å². The van der Waals surface area contributed by atoms with E-state index >= 15 is 0 Å². The van der Waals surface area contributed by atoms with Gasteiger partial charge in [0, 0.05) is 17.0 Å². The van der Waals surface area contributed by atoms with Crippen molar-refractivity contribution >= 4 is 28.3 Å². The molecule has 2 unspecified atom stereocenters. The molecule has 0 amide bonds. The number of fused-ring (bicyclic) bond motifs is 3. The van der Waals surface area contributed by atoms with Gasteiger partial charge in [-0.25, -0.2) is 0 Å². The van der Waals surface area contributed by atoms with Crippen LogP contribution < -0.4 is 4.90 Å². The summed E-state index contributed by atoms with van der Waals surface area (Å²) >= 11 is 1.69. The summed E-state index contributed by atoms with van der Waals surface area (Å²) < 4.78 is 0. The molecule has 2 atom stereocenters. The minimum Gasteiger partial charge on any atom is -0.312 e. The second kappa shape index (κ2) is 6.80. The van der Waals surface area contributed by atoms with Gasteiger partial charge in [-0.2, -0.15) is 0 Å². The van der Waals surface area contributed by atoms with E-state index in [0.717, 1.165) is 17.2 Å². The molecule has 5 rings (SSSR count). The van der Waals surface area contributed by atoms with E-state index in [9.17, 15) is 10.1 Å². The minimum atomic E-state index is -0.367. The molecule has 0 radical (unpaired) electrons. The van der Waals surface area contributed by atoms with Crippen LogP contribution in [-0.4, -0.2) is 10.1 Å². The van der Waals surface area contributed by atoms with Crippen LogP contribution in [0.2, 0.25) is 0 Å². The number of amidine groups is 1. The smallest absolute Gasteiger partial charge is 0.269 e. The van der Waals surface area contributed by atoms with Crippen LogP contribution in [0.3, 0.4) is 0 Å². The molecule has 2 heterocycles. The summed E-state index contributed by atoms with van der Waals surface area (Å²) in [6.45, 7) is 0. The first-order valence-corrected chi connectivity index (χ1v) is 9.95. The second-order valence-corrected chi connectivity index (χ2v) is 7.89. The highest BCUT2D eigenvalue weighted by Crippen LogP contribution is 2.50. The highest BCUT2D eigenvalue weighted by Gasteiger charge is 2.38. The molecule has 138 valence electrons. The molecule has 0 aromatic heterocycles. The molecule has 0 aliphatic carbocycles. The number of nitro groups is 1. The van der Waals surface area contributed by atoms with Crippen molar-refractivity contribution < 1.29 is 4.92 Å². The van der Waals surface area contributed by atoms with Crippen LogP contribution in [0.5, 0.6) is 0 Å². The number of thioether (sulfide) groups is 1. The highest BCUT2D eigenvalue weighted by molar-refractivity contribution is 8.14. The third-order valence-corrected chi connectivity index (χ3v) is 6.28. The molecule has 2 aliphatic rings. The van der Waals surface area contributed by atoms with Crippen LogP contribution in [0.4, 0.5) is 11.4 Å². The van der Waals surface area contributed by atoms with E-state index in [-0.39, 0.29) is 22.7 Å². The quantitative estimate of drug-likeness (QED) is 0.424. The molecule has 3 aromatic carbocycles. The molecule has 0 spiro atoms. The predicted octanol–water partition coefficient (Wildman–Crippen LogP) is 5.75. The molecule has 0 N–H and O–H groups in total. The molecule has 6 heteroatoms. The van der Waals surface area contributed by atoms with Crippen molar-refractivity contribution in [2.24, 2.45) is 4.99 Å². The summed E-state index contributed by atoms with van der Waals surface area (Å²) in [5.41, 5.74) is 3.56. The van der Waals surface area contributed by atoms with Gasteiger partial charge in [0.15, 0.2) is 5.17 Å². The van der Waals surface area contributed by atoms with Crippen LogP contribution in [0, 0.1) is 10.1 Å². The van der Waals surface area contributed by atoms with Crippen molar-refractivity contribution in [3.63, 3.8) is 0 Å².